The molecule has 0 aliphatic carbocycles. The van der Waals surface area contributed by atoms with Crippen LogP contribution in [0.3, 0.4) is 0 Å². The molecule has 0 saturated carbocycles. The Morgan fingerprint density at radius 3 is 2.58 bits per heavy atom. The molecule has 0 amide bonds. The van der Waals surface area contributed by atoms with E-state index >= 15 is 0 Å². The number of nitrogen functional groups attached to an aromatic ring is 2. The zero-order valence-corrected chi connectivity index (χ0v) is 10.4. The maximum atomic E-state index is 8.76. The first-order chi connectivity index (χ1) is 9.12. The number of hydrogen-bond donors (Lipinski definition) is 4. The summed E-state index contributed by atoms with van der Waals surface area (Å²) in [4.78, 5) is 7.86. The van der Waals surface area contributed by atoms with Crippen LogP contribution >= 0.6 is 11.6 Å². The van der Waals surface area contributed by atoms with Gasteiger partial charge < -0.3 is 16.5 Å². The van der Waals surface area contributed by atoms with Gasteiger partial charge in [-0.25, -0.2) is 5.84 Å². The second kappa shape index (κ2) is 5.39. The molecular weight excluding hydrogens is 266 g/mol. The van der Waals surface area contributed by atoms with Gasteiger partial charge in [-0.2, -0.15) is 15.2 Å². The Labute approximate surface area is 114 Å². The Kier molecular flexibility index (Phi) is 3.66. The third-order valence-corrected chi connectivity index (χ3v) is 2.56. The van der Waals surface area contributed by atoms with Gasteiger partial charge in [-0.05, 0) is 18.2 Å². The number of aromatic nitrogens is 2. The number of nitrogens with two attached hydrogens (primary N) is 2. The first kappa shape index (κ1) is 12.9. The van der Waals surface area contributed by atoms with Crippen molar-refractivity contribution in [2.45, 2.75) is 0 Å². The summed E-state index contributed by atoms with van der Waals surface area (Å²) >= 11 is 6.04. The lowest BCUT2D eigenvalue weighted by atomic mass is 10.2. The van der Waals surface area contributed by atoms with Crippen LogP contribution < -0.4 is 22.3 Å². The lowest BCUT2D eigenvalue weighted by molar-refractivity contribution is 1.15. The number of halogens is 1. The molecule has 1 aromatic carbocycles. The van der Waals surface area contributed by atoms with Crippen molar-refractivity contribution in [3.05, 3.63) is 34.9 Å². The van der Waals surface area contributed by atoms with Gasteiger partial charge in [-0.1, -0.05) is 11.6 Å². The summed E-state index contributed by atoms with van der Waals surface area (Å²) in [6, 6.07) is 8.44. The van der Waals surface area contributed by atoms with Gasteiger partial charge in [0.15, 0.2) is 0 Å². The predicted octanol–water partition coefficient (Wildman–Crippen LogP) is 1.61. The Morgan fingerprint density at radius 2 is 1.95 bits per heavy atom. The topological polar surface area (TPSA) is 126 Å². The Hall–Kier alpha value is -2.56. The van der Waals surface area contributed by atoms with Crippen molar-refractivity contribution in [1.29, 1.82) is 5.26 Å². The third kappa shape index (κ3) is 3.01. The molecule has 0 unspecified atom stereocenters. The van der Waals surface area contributed by atoms with E-state index < -0.39 is 0 Å². The van der Waals surface area contributed by atoms with Gasteiger partial charge in [0.25, 0.3) is 0 Å². The fraction of sp³-hybridized carbons (Fsp3) is 0. The minimum atomic E-state index is 0.0720. The molecule has 0 fully saturated rings. The summed E-state index contributed by atoms with van der Waals surface area (Å²) in [6.07, 6.45) is 0. The number of nitrogens with zero attached hydrogens (tertiary/aromatic N) is 3. The number of nitrogens with one attached hydrogen (secondary N) is 2. The second-order valence-corrected chi connectivity index (χ2v) is 3.98. The zero-order valence-electron chi connectivity index (χ0n) is 9.68. The van der Waals surface area contributed by atoms with Crippen LogP contribution in [0.5, 0.6) is 0 Å². The summed E-state index contributed by atoms with van der Waals surface area (Å²) in [5, 5.41) is 12.1. The number of hydrogen-bond acceptors (Lipinski definition) is 7. The minimum Gasteiger partial charge on any atom is -0.368 e. The monoisotopic (exact) mass is 275 g/mol. The van der Waals surface area contributed by atoms with Crippen LogP contribution in [0.1, 0.15) is 5.56 Å². The highest BCUT2D eigenvalue weighted by Gasteiger charge is 2.05. The first-order valence-corrected chi connectivity index (χ1v) is 5.58. The van der Waals surface area contributed by atoms with Crippen LogP contribution in [0.2, 0.25) is 5.02 Å². The molecule has 96 valence electrons. The van der Waals surface area contributed by atoms with E-state index in [9.17, 15) is 0 Å². The van der Waals surface area contributed by atoms with E-state index in [1.54, 1.807) is 24.3 Å². The standard InChI is InChI=1S/C11H10ClN7/c12-7-3-6(5-13)1-2-8(7)16-9-4-10(19-15)18-11(14)17-9/h1-4H,15H2,(H4,14,16,17,18,19). The summed E-state index contributed by atoms with van der Waals surface area (Å²) in [5.41, 5.74) is 8.99. The van der Waals surface area contributed by atoms with E-state index in [2.05, 4.69) is 20.7 Å². The molecule has 0 spiro atoms. The van der Waals surface area contributed by atoms with Gasteiger partial charge in [-0.3, -0.25) is 0 Å². The van der Waals surface area contributed by atoms with E-state index in [0.29, 0.717) is 27.9 Å². The fourth-order valence-electron chi connectivity index (χ4n) is 1.43. The van der Waals surface area contributed by atoms with Crippen LogP contribution in [0.4, 0.5) is 23.3 Å². The van der Waals surface area contributed by atoms with Crippen LogP contribution in [0.15, 0.2) is 24.3 Å². The quantitative estimate of drug-likeness (QED) is 0.495. The smallest absolute Gasteiger partial charge is 0.223 e. The summed E-state index contributed by atoms with van der Waals surface area (Å²) < 4.78 is 0. The predicted molar refractivity (Wildman–Crippen MR) is 73.7 cm³/mol. The lowest BCUT2D eigenvalue weighted by Crippen LogP contribution is -2.11. The number of rotatable bonds is 3. The molecule has 0 saturated heterocycles. The number of anilines is 4. The maximum absolute atomic E-state index is 8.76. The van der Waals surface area contributed by atoms with E-state index in [1.807, 2.05) is 6.07 Å². The average molecular weight is 276 g/mol. The van der Waals surface area contributed by atoms with E-state index in [1.165, 1.54) is 0 Å². The van der Waals surface area contributed by atoms with Crippen molar-refractivity contribution in [2.24, 2.45) is 5.84 Å². The molecule has 1 aromatic heterocycles. The first-order valence-electron chi connectivity index (χ1n) is 5.20. The Bertz CT molecular complexity index is 650. The van der Waals surface area contributed by atoms with Crippen molar-refractivity contribution in [2.75, 3.05) is 16.5 Å². The van der Waals surface area contributed by atoms with Gasteiger partial charge in [0, 0.05) is 6.07 Å². The molecule has 2 aromatic rings. The van der Waals surface area contributed by atoms with Crippen LogP contribution in [-0.4, -0.2) is 9.97 Å². The summed E-state index contributed by atoms with van der Waals surface area (Å²) in [5.74, 6) is 6.15. The lowest BCUT2D eigenvalue weighted by Gasteiger charge is -2.09. The number of hydrazine groups is 1. The molecule has 1 heterocycles. The molecule has 6 N–H and O–H groups in total. The molecule has 0 aliphatic rings. The highest BCUT2D eigenvalue weighted by atomic mass is 35.5. The van der Waals surface area contributed by atoms with Gasteiger partial charge >= 0.3 is 0 Å². The molecule has 0 bridgehead atoms. The number of benzene rings is 1. The molecule has 0 radical (unpaired) electrons. The van der Waals surface area contributed by atoms with Gasteiger partial charge in [0.05, 0.1) is 22.3 Å². The Morgan fingerprint density at radius 1 is 1.21 bits per heavy atom. The van der Waals surface area contributed by atoms with Gasteiger partial charge in [-0.15, -0.1) is 0 Å². The van der Waals surface area contributed by atoms with Crippen LogP contribution in [0, 0.1) is 11.3 Å². The van der Waals surface area contributed by atoms with Crippen molar-refractivity contribution in [3.63, 3.8) is 0 Å². The SMILES string of the molecule is N#Cc1ccc(Nc2cc(NN)nc(N)n2)c(Cl)c1. The zero-order chi connectivity index (χ0) is 13.8. The average Bonchev–Trinajstić information content (AvgIpc) is 2.40. The fourth-order valence-corrected chi connectivity index (χ4v) is 1.66. The van der Waals surface area contributed by atoms with Crippen molar-refractivity contribution in [3.8, 4) is 6.07 Å². The van der Waals surface area contributed by atoms with E-state index in [4.69, 9.17) is 28.4 Å². The van der Waals surface area contributed by atoms with Gasteiger partial charge in [0.2, 0.25) is 5.95 Å². The highest BCUT2D eigenvalue weighted by molar-refractivity contribution is 6.33. The molecule has 2 rings (SSSR count). The highest BCUT2D eigenvalue weighted by Crippen LogP contribution is 2.26. The van der Waals surface area contributed by atoms with E-state index in [0.717, 1.165) is 0 Å². The van der Waals surface area contributed by atoms with Crippen LogP contribution in [0.25, 0.3) is 0 Å². The summed E-state index contributed by atoms with van der Waals surface area (Å²) in [7, 11) is 0. The third-order valence-electron chi connectivity index (χ3n) is 2.25. The van der Waals surface area contributed by atoms with Crippen molar-refractivity contribution >= 4 is 34.9 Å². The van der Waals surface area contributed by atoms with Crippen molar-refractivity contribution < 1.29 is 0 Å². The summed E-state index contributed by atoms with van der Waals surface area (Å²) in [6.45, 7) is 0. The Balaban J connectivity index is 2.31. The molecule has 8 heteroatoms. The molecule has 7 nitrogen and oxygen atoms in total. The minimum absolute atomic E-state index is 0.0720. The van der Waals surface area contributed by atoms with E-state index in [-0.39, 0.29) is 5.95 Å². The van der Waals surface area contributed by atoms with Gasteiger partial charge in [0.1, 0.15) is 11.6 Å². The van der Waals surface area contributed by atoms with Crippen LogP contribution in [-0.2, 0) is 0 Å². The van der Waals surface area contributed by atoms with Crippen molar-refractivity contribution in [1.82, 2.24) is 9.97 Å². The second-order valence-electron chi connectivity index (χ2n) is 3.57. The molecular formula is C11H10ClN7. The molecule has 19 heavy (non-hydrogen) atoms. The normalized spacial score (nSPS) is 9.74. The molecule has 0 aliphatic heterocycles. The maximum Gasteiger partial charge on any atom is 0.223 e. The molecule has 0 atom stereocenters. The largest absolute Gasteiger partial charge is 0.368 e. The number of nitriles is 1.